The topological polar surface area (TPSA) is 67.8 Å². The molecule has 0 bridgehead atoms. The zero-order valence-electron chi connectivity index (χ0n) is 11.9. The zero-order chi connectivity index (χ0) is 14.5. The highest BCUT2D eigenvalue weighted by Gasteiger charge is 2.26. The predicted molar refractivity (Wildman–Crippen MR) is 75.0 cm³/mol. The molecular formula is C15H21NO4. The van der Waals surface area contributed by atoms with E-state index in [9.17, 15) is 9.90 Å². The number of benzene rings is 1. The van der Waals surface area contributed by atoms with E-state index < -0.39 is 6.10 Å². The van der Waals surface area contributed by atoms with Crippen molar-refractivity contribution in [2.24, 2.45) is 0 Å². The Hall–Kier alpha value is -1.75. The molecule has 5 nitrogen and oxygen atoms in total. The predicted octanol–water partition coefficient (Wildman–Crippen LogP) is 1.28. The maximum absolute atomic E-state index is 12.0. The first kappa shape index (κ1) is 14.7. The van der Waals surface area contributed by atoms with Crippen molar-refractivity contribution in [3.63, 3.8) is 0 Å². The summed E-state index contributed by atoms with van der Waals surface area (Å²) < 4.78 is 10.4. The number of hydrogen-bond acceptors (Lipinski definition) is 4. The van der Waals surface area contributed by atoms with Gasteiger partial charge in [0.1, 0.15) is 0 Å². The molecule has 1 aromatic carbocycles. The first-order valence-electron chi connectivity index (χ1n) is 6.82. The van der Waals surface area contributed by atoms with E-state index in [1.807, 2.05) is 6.07 Å². The normalized spacial score (nSPS) is 21.6. The smallest absolute Gasteiger partial charge is 0.224 e. The summed E-state index contributed by atoms with van der Waals surface area (Å²) in [4.78, 5) is 12.0. The fourth-order valence-corrected chi connectivity index (χ4v) is 2.54. The van der Waals surface area contributed by atoms with Gasteiger partial charge >= 0.3 is 0 Å². The minimum absolute atomic E-state index is 0.0804. The lowest BCUT2D eigenvalue weighted by Gasteiger charge is -2.16. The van der Waals surface area contributed by atoms with Gasteiger partial charge in [-0.1, -0.05) is 6.07 Å². The molecule has 0 aliphatic heterocycles. The van der Waals surface area contributed by atoms with Crippen LogP contribution in [0.25, 0.3) is 0 Å². The van der Waals surface area contributed by atoms with Gasteiger partial charge in [0.2, 0.25) is 5.91 Å². The van der Waals surface area contributed by atoms with E-state index in [0.29, 0.717) is 11.5 Å². The number of amides is 1. The Balaban J connectivity index is 1.97. The number of carbonyl (C=O) groups excluding carboxylic acids is 1. The van der Waals surface area contributed by atoms with Crippen LogP contribution in [-0.2, 0) is 11.2 Å². The summed E-state index contributed by atoms with van der Waals surface area (Å²) in [6.45, 7) is 0. The number of hydrogen-bond donors (Lipinski definition) is 2. The minimum Gasteiger partial charge on any atom is -0.493 e. The maximum Gasteiger partial charge on any atom is 0.224 e. The van der Waals surface area contributed by atoms with Crippen molar-refractivity contribution >= 4 is 5.91 Å². The number of carbonyl (C=O) groups is 1. The first-order chi connectivity index (χ1) is 9.63. The van der Waals surface area contributed by atoms with Crippen LogP contribution >= 0.6 is 0 Å². The second kappa shape index (κ2) is 6.61. The molecule has 2 rings (SSSR count). The highest BCUT2D eigenvalue weighted by atomic mass is 16.5. The molecule has 2 N–H and O–H groups in total. The third-order valence-corrected chi connectivity index (χ3v) is 3.64. The van der Waals surface area contributed by atoms with Gasteiger partial charge in [-0.25, -0.2) is 0 Å². The van der Waals surface area contributed by atoms with Gasteiger partial charge in [-0.15, -0.1) is 0 Å². The molecule has 2 atom stereocenters. The van der Waals surface area contributed by atoms with Crippen LogP contribution in [-0.4, -0.2) is 37.4 Å². The summed E-state index contributed by atoms with van der Waals surface area (Å²) in [7, 11) is 3.14. The molecular weight excluding hydrogens is 258 g/mol. The Bertz CT molecular complexity index is 475. The average Bonchev–Trinajstić information content (AvgIpc) is 2.84. The summed E-state index contributed by atoms with van der Waals surface area (Å²) in [5, 5.41) is 12.6. The summed E-state index contributed by atoms with van der Waals surface area (Å²) in [5.74, 6) is 1.17. The first-order valence-corrected chi connectivity index (χ1v) is 6.82. The van der Waals surface area contributed by atoms with E-state index in [-0.39, 0.29) is 18.4 Å². The fraction of sp³-hybridized carbons (Fsp3) is 0.533. The Morgan fingerprint density at radius 2 is 2.05 bits per heavy atom. The Kier molecular flexibility index (Phi) is 4.84. The standard InChI is InChI=1S/C15H21NO4/c1-19-13-7-6-10(8-14(13)20-2)9-15(18)16-11-4-3-5-12(11)17/h6-8,11-12,17H,3-5,9H2,1-2H3,(H,16,18). The van der Waals surface area contributed by atoms with Gasteiger partial charge < -0.3 is 19.9 Å². The number of ether oxygens (including phenoxy) is 2. The fourth-order valence-electron chi connectivity index (χ4n) is 2.54. The van der Waals surface area contributed by atoms with Gasteiger partial charge in [-0.05, 0) is 37.0 Å². The minimum atomic E-state index is -0.413. The molecule has 1 aliphatic carbocycles. The Morgan fingerprint density at radius 1 is 1.30 bits per heavy atom. The van der Waals surface area contributed by atoms with Crippen molar-refractivity contribution in [1.82, 2.24) is 5.32 Å². The van der Waals surface area contributed by atoms with Crippen molar-refractivity contribution < 1.29 is 19.4 Å². The Morgan fingerprint density at radius 3 is 2.65 bits per heavy atom. The van der Waals surface area contributed by atoms with Crippen molar-refractivity contribution in [2.75, 3.05) is 14.2 Å². The largest absolute Gasteiger partial charge is 0.493 e. The quantitative estimate of drug-likeness (QED) is 0.852. The average molecular weight is 279 g/mol. The molecule has 20 heavy (non-hydrogen) atoms. The van der Waals surface area contributed by atoms with Gasteiger partial charge in [0.05, 0.1) is 32.8 Å². The second-order valence-electron chi connectivity index (χ2n) is 5.04. The summed E-state index contributed by atoms with van der Waals surface area (Å²) in [6, 6.07) is 5.31. The molecule has 0 aromatic heterocycles. The molecule has 1 aliphatic rings. The number of aliphatic hydroxyl groups is 1. The van der Waals surface area contributed by atoms with Crippen LogP contribution in [0.5, 0.6) is 11.5 Å². The van der Waals surface area contributed by atoms with E-state index in [4.69, 9.17) is 9.47 Å². The zero-order valence-corrected chi connectivity index (χ0v) is 11.9. The number of aliphatic hydroxyl groups excluding tert-OH is 1. The van der Waals surface area contributed by atoms with Gasteiger partial charge in [0.25, 0.3) is 0 Å². The molecule has 0 radical (unpaired) electrons. The summed E-state index contributed by atoms with van der Waals surface area (Å²) in [5.41, 5.74) is 0.854. The van der Waals surface area contributed by atoms with Gasteiger partial charge in [0.15, 0.2) is 11.5 Å². The van der Waals surface area contributed by atoms with E-state index in [0.717, 1.165) is 24.8 Å². The van der Waals surface area contributed by atoms with E-state index in [2.05, 4.69) is 5.32 Å². The van der Waals surface area contributed by atoms with Crippen LogP contribution < -0.4 is 14.8 Å². The molecule has 2 unspecified atom stereocenters. The van der Waals surface area contributed by atoms with Crippen LogP contribution in [0.3, 0.4) is 0 Å². The van der Waals surface area contributed by atoms with Gasteiger partial charge in [-0.2, -0.15) is 0 Å². The van der Waals surface area contributed by atoms with Crippen molar-refractivity contribution in [3.8, 4) is 11.5 Å². The van der Waals surface area contributed by atoms with Gasteiger partial charge in [0, 0.05) is 0 Å². The SMILES string of the molecule is COc1ccc(CC(=O)NC2CCCC2O)cc1OC. The van der Waals surface area contributed by atoms with Crippen molar-refractivity contribution in [2.45, 2.75) is 37.8 Å². The highest BCUT2D eigenvalue weighted by molar-refractivity contribution is 5.79. The van der Waals surface area contributed by atoms with Crippen molar-refractivity contribution in [1.29, 1.82) is 0 Å². The summed E-state index contributed by atoms with van der Waals surface area (Å²) in [6.07, 6.45) is 2.43. The van der Waals surface area contributed by atoms with Crippen molar-refractivity contribution in [3.05, 3.63) is 23.8 Å². The number of methoxy groups -OCH3 is 2. The van der Waals surface area contributed by atoms with E-state index in [1.54, 1.807) is 26.4 Å². The second-order valence-corrected chi connectivity index (χ2v) is 5.04. The lowest BCUT2D eigenvalue weighted by Crippen LogP contribution is -2.40. The van der Waals surface area contributed by atoms with Crippen LogP contribution in [0.1, 0.15) is 24.8 Å². The van der Waals surface area contributed by atoms with Gasteiger partial charge in [-0.3, -0.25) is 4.79 Å². The molecule has 0 saturated heterocycles. The van der Waals surface area contributed by atoms with Crippen LogP contribution in [0, 0.1) is 0 Å². The third-order valence-electron chi connectivity index (χ3n) is 3.64. The molecule has 1 fully saturated rings. The molecule has 1 saturated carbocycles. The Labute approximate surface area is 118 Å². The van der Waals surface area contributed by atoms with Crippen LogP contribution in [0.15, 0.2) is 18.2 Å². The third kappa shape index (κ3) is 3.42. The van der Waals surface area contributed by atoms with Crippen LogP contribution in [0.4, 0.5) is 0 Å². The summed E-state index contributed by atoms with van der Waals surface area (Å²) >= 11 is 0. The maximum atomic E-state index is 12.0. The highest BCUT2D eigenvalue weighted by Crippen LogP contribution is 2.27. The molecule has 110 valence electrons. The van der Waals surface area contributed by atoms with E-state index in [1.165, 1.54) is 0 Å². The molecule has 1 amide bonds. The van der Waals surface area contributed by atoms with E-state index >= 15 is 0 Å². The molecule has 0 spiro atoms. The molecule has 1 aromatic rings. The molecule has 5 heteroatoms. The molecule has 0 heterocycles. The number of nitrogens with one attached hydrogen (secondary N) is 1. The van der Waals surface area contributed by atoms with Crippen LogP contribution in [0.2, 0.25) is 0 Å². The monoisotopic (exact) mass is 279 g/mol. The lowest BCUT2D eigenvalue weighted by molar-refractivity contribution is -0.121. The number of rotatable bonds is 5. The lowest BCUT2D eigenvalue weighted by atomic mass is 10.1.